The number of carbonyl (C=O) groups is 2. The Balaban J connectivity index is 1.51. The summed E-state index contributed by atoms with van der Waals surface area (Å²) in [6.07, 6.45) is 5.78. The number of nitrogens with two attached hydrogens (primary N) is 1. The molecule has 4 rings (SSSR count). The summed E-state index contributed by atoms with van der Waals surface area (Å²) < 4.78 is 1.52. The first-order valence-corrected chi connectivity index (χ1v) is 10.9. The molecule has 2 aliphatic rings. The van der Waals surface area contributed by atoms with Gasteiger partial charge in [-0.2, -0.15) is 0 Å². The van der Waals surface area contributed by atoms with Crippen molar-refractivity contribution in [2.75, 3.05) is 21.8 Å². The third-order valence-electron chi connectivity index (χ3n) is 5.74. The van der Waals surface area contributed by atoms with Gasteiger partial charge in [-0.25, -0.2) is 4.68 Å². The summed E-state index contributed by atoms with van der Waals surface area (Å²) >= 11 is 1.25. The van der Waals surface area contributed by atoms with Crippen LogP contribution in [0.4, 0.5) is 11.4 Å². The number of para-hydroxylation sites is 2. The van der Waals surface area contributed by atoms with E-state index in [1.54, 1.807) is 24.8 Å². The van der Waals surface area contributed by atoms with E-state index in [9.17, 15) is 9.59 Å². The first-order chi connectivity index (χ1) is 13.9. The molecule has 3 N–H and O–H groups in total. The highest BCUT2D eigenvalue weighted by Crippen LogP contribution is 2.37. The van der Waals surface area contributed by atoms with Crippen LogP contribution in [-0.4, -0.2) is 38.0 Å². The molecule has 1 fully saturated rings. The first-order valence-electron chi connectivity index (χ1n) is 9.96. The lowest BCUT2D eigenvalue weighted by Crippen LogP contribution is -2.59. The molecule has 0 radical (unpaired) electrons. The summed E-state index contributed by atoms with van der Waals surface area (Å²) in [6, 6.07) is 7.32. The molecule has 0 spiro atoms. The fraction of sp³-hybridized carbons (Fsp3) is 0.500. The number of carbonyl (C=O) groups excluding carboxylic acids is 2. The van der Waals surface area contributed by atoms with Crippen molar-refractivity contribution >= 4 is 35.0 Å². The van der Waals surface area contributed by atoms with Crippen molar-refractivity contribution < 1.29 is 9.59 Å². The van der Waals surface area contributed by atoms with Gasteiger partial charge in [-0.1, -0.05) is 43.2 Å². The van der Waals surface area contributed by atoms with Gasteiger partial charge < -0.3 is 11.2 Å². The maximum atomic E-state index is 13.1. The van der Waals surface area contributed by atoms with E-state index in [0.29, 0.717) is 22.4 Å². The minimum atomic E-state index is -0.990. The quantitative estimate of drug-likeness (QED) is 0.589. The number of hydrogen-bond donors (Lipinski definition) is 2. The minimum absolute atomic E-state index is 0.116. The second kappa shape index (κ2) is 7.70. The lowest BCUT2D eigenvalue weighted by molar-refractivity contribution is -0.125. The van der Waals surface area contributed by atoms with Crippen molar-refractivity contribution in [3.05, 3.63) is 30.1 Å². The van der Waals surface area contributed by atoms with Crippen LogP contribution in [-0.2, 0) is 9.59 Å². The van der Waals surface area contributed by atoms with Crippen LogP contribution in [0.5, 0.6) is 0 Å². The molecule has 1 aliphatic heterocycles. The van der Waals surface area contributed by atoms with Gasteiger partial charge in [0.25, 0.3) is 0 Å². The zero-order valence-corrected chi connectivity index (χ0v) is 17.5. The standard InChI is InChI=1S/C20H26N6O2S/c1-20(2)18(28)22-14-10-6-7-11-15(14)25(20)16(27)12-29-19-24-23-17(26(19)21)13-8-4-3-5-9-13/h6-7,10-11,13H,3-5,8-9,12,21H2,1-2H3,(H,22,28). The van der Waals surface area contributed by atoms with Gasteiger partial charge >= 0.3 is 0 Å². The molecule has 2 heterocycles. The maximum Gasteiger partial charge on any atom is 0.250 e. The third kappa shape index (κ3) is 3.59. The van der Waals surface area contributed by atoms with Gasteiger partial charge in [-0.3, -0.25) is 14.5 Å². The molecule has 0 atom stereocenters. The number of fused-ring (bicyclic) bond motifs is 1. The van der Waals surface area contributed by atoms with Crippen LogP contribution in [0.25, 0.3) is 0 Å². The molecule has 0 saturated heterocycles. The predicted octanol–water partition coefficient (Wildman–Crippen LogP) is 2.90. The number of nitrogens with zero attached hydrogens (tertiary/aromatic N) is 4. The molecule has 2 amide bonds. The van der Waals surface area contributed by atoms with Gasteiger partial charge in [-0.15, -0.1) is 10.2 Å². The number of aromatic nitrogens is 3. The summed E-state index contributed by atoms with van der Waals surface area (Å²) in [5, 5.41) is 11.9. The third-order valence-corrected chi connectivity index (χ3v) is 6.67. The van der Waals surface area contributed by atoms with Crippen molar-refractivity contribution in [1.82, 2.24) is 14.9 Å². The molecule has 2 aromatic rings. The van der Waals surface area contributed by atoms with E-state index in [1.165, 1.54) is 35.7 Å². The molecule has 9 heteroatoms. The van der Waals surface area contributed by atoms with E-state index >= 15 is 0 Å². The maximum absolute atomic E-state index is 13.1. The zero-order valence-electron chi connectivity index (χ0n) is 16.7. The average molecular weight is 415 g/mol. The van der Waals surface area contributed by atoms with E-state index in [0.717, 1.165) is 18.7 Å². The van der Waals surface area contributed by atoms with Gasteiger partial charge in [0.05, 0.1) is 17.1 Å². The molecule has 1 aliphatic carbocycles. The van der Waals surface area contributed by atoms with Crippen LogP contribution in [0.15, 0.2) is 29.4 Å². The van der Waals surface area contributed by atoms with Gasteiger partial charge in [0, 0.05) is 5.92 Å². The summed E-state index contributed by atoms with van der Waals surface area (Å²) in [6.45, 7) is 3.49. The Morgan fingerprint density at radius 3 is 2.72 bits per heavy atom. The SMILES string of the molecule is CC1(C)C(=O)Nc2ccccc2N1C(=O)CSc1nnc(C2CCCCC2)n1N. The monoisotopic (exact) mass is 414 g/mol. The molecular weight excluding hydrogens is 388 g/mol. The van der Waals surface area contributed by atoms with Gasteiger partial charge in [0.1, 0.15) is 5.54 Å². The molecule has 8 nitrogen and oxygen atoms in total. The Labute approximate surface area is 174 Å². The van der Waals surface area contributed by atoms with Crippen LogP contribution in [0, 0.1) is 0 Å². The lowest BCUT2D eigenvalue weighted by atomic mass is 9.89. The Hall–Kier alpha value is -2.55. The summed E-state index contributed by atoms with van der Waals surface area (Å²) in [5.41, 5.74) is 0.340. The van der Waals surface area contributed by atoms with E-state index in [1.807, 2.05) is 18.2 Å². The van der Waals surface area contributed by atoms with Gasteiger partial charge in [-0.05, 0) is 38.8 Å². The average Bonchev–Trinajstić information content (AvgIpc) is 3.08. The van der Waals surface area contributed by atoms with Crippen molar-refractivity contribution in [3.63, 3.8) is 0 Å². The highest BCUT2D eigenvalue weighted by molar-refractivity contribution is 7.99. The number of nitrogen functional groups attached to an aromatic ring is 1. The van der Waals surface area contributed by atoms with Gasteiger partial charge in [0.15, 0.2) is 5.82 Å². The van der Waals surface area contributed by atoms with E-state index in [-0.39, 0.29) is 17.6 Å². The lowest BCUT2D eigenvalue weighted by Gasteiger charge is -2.42. The molecule has 1 saturated carbocycles. The molecule has 0 unspecified atom stereocenters. The second-order valence-electron chi connectivity index (χ2n) is 8.09. The fourth-order valence-corrected chi connectivity index (χ4v) is 4.83. The molecule has 29 heavy (non-hydrogen) atoms. The summed E-state index contributed by atoms with van der Waals surface area (Å²) in [5.74, 6) is 7.09. The van der Waals surface area contributed by atoms with E-state index in [2.05, 4.69) is 15.5 Å². The predicted molar refractivity (Wildman–Crippen MR) is 113 cm³/mol. The van der Waals surface area contributed by atoms with E-state index < -0.39 is 5.54 Å². The zero-order chi connectivity index (χ0) is 20.6. The molecule has 154 valence electrons. The first kappa shape index (κ1) is 19.8. The summed E-state index contributed by atoms with van der Waals surface area (Å²) in [7, 11) is 0. The van der Waals surface area contributed by atoms with Crippen LogP contribution < -0.4 is 16.1 Å². The second-order valence-corrected chi connectivity index (χ2v) is 9.04. The Kier molecular flexibility index (Phi) is 5.24. The topological polar surface area (TPSA) is 106 Å². The van der Waals surface area contributed by atoms with E-state index in [4.69, 9.17) is 5.84 Å². The minimum Gasteiger partial charge on any atom is -0.336 e. The number of nitrogens with one attached hydrogen (secondary N) is 1. The van der Waals surface area contributed by atoms with Crippen LogP contribution in [0.3, 0.4) is 0 Å². The highest BCUT2D eigenvalue weighted by Gasteiger charge is 2.43. The molecule has 0 bridgehead atoms. The number of amides is 2. The number of hydrogen-bond acceptors (Lipinski definition) is 6. The highest BCUT2D eigenvalue weighted by atomic mass is 32.2. The Morgan fingerprint density at radius 2 is 1.97 bits per heavy atom. The van der Waals surface area contributed by atoms with Crippen molar-refractivity contribution in [1.29, 1.82) is 0 Å². The van der Waals surface area contributed by atoms with Crippen LogP contribution in [0.1, 0.15) is 57.7 Å². The van der Waals surface area contributed by atoms with Crippen molar-refractivity contribution in [3.8, 4) is 0 Å². The number of benzene rings is 1. The number of thioether (sulfide) groups is 1. The molecular formula is C20H26N6O2S. The largest absolute Gasteiger partial charge is 0.336 e. The van der Waals surface area contributed by atoms with Crippen LogP contribution >= 0.6 is 11.8 Å². The smallest absolute Gasteiger partial charge is 0.250 e. The number of anilines is 2. The van der Waals surface area contributed by atoms with Crippen LogP contribution in [0.2, 0.25) is 0 Å². The van der Waals surface area contributed by atoms with Crippen molar-refractivity contribution in [2.24, 2.45) is 0 Å². The number of rotatable bonds is 4. The normalized spacial score (nSPS) is 19.0. The molecule has 1 aromatic heterocycles. The molecule has 1 aromatic carbocycles. The Bertz CT molecular complexity index is 935. The summed E-state index contributed by atoms with van der Waals surface area (Å²) in [4.78, 5) is 27.2. The van der Waals surface area contributed by atoms with Gasteiger partial charge in [0.2, 0.25) is 17.0 Å². The Morgan fingerprint density at radius 1 is 1.24 bits per heavy atom. The fourth-order valence-electron chi connectivity index (χ4n) is 4.12. The van der Waals surface area contributed by atoms with Crippen molar-refractivity contribution in [2.45, 2.75) is 62.6 Å².